The van der Waals surface area contributed by atoms with Crippen molar-refractivity contribution in [2.24, 2.45) is 5.92 Å². The Morgan fingerprint density at radius 3 is 2.88 bits per heavy atom. The molecule has 0 radical (unpaired) electrons. The summed E-state index contributed by atoms with van der Waals surface area (Å²) in [6.45, 7) is 3.19. The highest BCUT2D eigenvalue weighted by Crippen LogP contribution is 2.24. The zero-order valence-electron chi connectivity index (χ0n) is 10.0. The molecule has 0 aromatic heterocycles. The van der Waals surface area contributed by atoms with Crippen LogP contribution in [-0.2, 0) is 9.53 Å². The fraction of sp³-hybridized carbons (Fsp3) is 0.750. The topological polar surface area (TPSA) is 58.6 Å². The summed E-state index contributed by atoms with van der Waals surface area (Å²) in [6.07, 6.45) is 4.78. The number of rotatable bonds is 5. The van der Waals surface area contributed by atoms with Crippen molar-refractivity contribution >= 4 is 5.97 Å². The fourth-order valence-corrected chi connectivity index (χ4v) is 1.99. The summed E-state index contributed by atoms with van der Waals surface area (Å²) >= 11 is 0. The Bertz CT molecular complexity index is 263. The molecule has 92 valence electrons. The normalized spacial score (nSPS) is 25.8. The molecule has 0 heterocycles. The highest BCUT2D eigenvalue weighted by Gasteiger charge is 2.24. The highest BCUT2D eigenvalue weighted by molar-refractivity contribution is 5.87. The molecule has 0 saturated heterocycles. The van der Waals surface area contributed by atoms with Gasteiger partial charge in [-0.3, -0.25) is 0 Å². The maximum absolute atomic E-state index is 11.1. The van der Waals surface area contributed by atoms with E-state index in [9.17, 15) is 9.90 Å². The number of hydrogen-bond acceptors (Lipinski definition) is 4. The lowest BCUT2D eigenvalue weighted by Crippen LogP contribution is -2.28. The van der Waals surface area contributed by atoms with Gasteiger partial charge < -0.3 is 15.2 Å². The van der Waals surface area contributed by atoms with Gasteiger partial charge in [0.25, 0.3) is 0 Å². The van der Waals surface area contributed by atoms with Gasteiger partial charge in [-0.25, -0.2) is 4.79 Å². The number of methoxy groups -OCH3 is 1. The van der Waals surface area contributed by atoms with E-state index < -0.39 is 0 Å². The van der Waals surface area contributed by atoms with Crippen LogP contribution in [0.1, 0.15) is 26.2 Å². The van der Waals surface area contributed by atoms with Gasteiger partial charge in [0.2, 0.25) is 0 Å². The first kappa shape index (κ1) is 13.2. The second-order valence-electron chi connectivity index (χ2n) is 4.30. The minimum absolute atomic E-state index is 0.154. The smallest absolute Gasteiger partial charge is 0.333 e. The van der Waals surface area contributed by atoms with Crippen LogP contribution in [0.25, 0.3) is 0 Å². The Morgan fingerprint density at radius 2 is 2.31 bits per heavy atom. The molecule has 16 heavy (non-hydrogen) atoms. The molecule has 2 N–H and O–H groups in total. The van der Waals surface area contributed by atoms with E-state index in [1.807, 2.05) is 6.08 Å². The summed E-state index contributed by atoms with van der Waals surface area (Å²) in [5, 5.41) is 12.8. The number of carbonyl (C=O) groups excluding carboxylic acids is 1. The van der Waals surface area contributed by atoms with E-state index >= 15 is 0 Å². The SMILES string of the molecule is COC(=O)C(C)=CCNCC1CCCC1O. The van der Waals surface area contributed by atoms with E-state index in [2.05, 4.69) is 10.1 Å². The molecule has 2 atom stereocenters. The third kappa shape index (κ3) is 3.94. The number of hydrogen-bond donors (Lipinski definition) is 2. The van der Waals surface area contributed by atoms with Gasteiger partial charge >= 0.3 is 5.97 Å². The lowest BCUT2D eigenvalue weighted by molar-refractivity contribution is -0.136. The van der Waals surface area contributed by atoms with Gasteiger partial charge in [-0.2, -0.15) is 0 Å². The number of nitrogens with one attached hydrogen (secondary N) is 1. The van der Waals surface area contributed by atoms with Gasteiger partial charge in [-0.05, 0) is 25.7 Å². The summed E-state index contributed by atoms with van der Waals surface area (Å²) < 4.78 is 4.58. The molecule has 1 rings (SSSR count). The number of aliphatic hydroxyl groups excluding tert-OH is 1. The van der Waals surface area contributed by atoms with Crippen molar-refractivity contribution in [3.05, 3.63) is 11.6 Å². The first-order chi connectivity index (χ1) is 7.65. The number of carbonyl (C=O) groups is 1. The Hall–Kier alpha value is -0.870. The van der Waals surface area contributed by atoms with Crippen LogP contribution in [0.2, 0.25) is 0 Å². The van der Waals surface area contributed by atoms with Crippen LogP contribution in [-0.4, -0.2) is 37.4 Å². The third-order valence-corrected chi connectivity index (χ3v) is 3.09. The molecule has 4 nitrogen and oxygen atoms in total. The van der Waals surface area contributed by atoms with Crippen LogP contribution in [0, 0.1) is 5.92 Å². The van der Waals surface area contributed by atoms with Crippen LogP contribution in [0.5, 0.6) is 0 Å². The molecule has 0 spiro atoms. The van der Waals surface area contributed by atoms with Crippen LogP contribution in [0.4, 0.5) is 0 Å². The maximum atomic E-state index is 11.1. The second kappa shape index (κ2) is 6.66. The zero-order valence-corrected chi connectivity index (χ0v) is 10.0. The molecule has 0 aliphatic heterocycles. The summed E-state index contributed by atoms with van der Waals surface area (Å²) in [7, 11) is 1.38. The largest absolute Gasteiger partial charge is 0.466 e. The Balaban J connectivity index is 2.18. The van der Waals surface area contributed by atoms with Crippen LogP contribution in [0.15, 0.2) is 11.6 Å². The van der Waals surface area contributed by atoms with E-state index in [0.29, 0.717) is 18.0 Å². The fourth-order valence-electron chi connectivity index (χ4n) is 1.99. The quantitative estimate of drug-likeness (QED) is 0.415. The van der Waals surface area contributed by atoms with E-state index in [-0.39, 0.29) is 12.1 Å². The molecular formula is C12H21NO3. The highest BCUT2D eigenvalue weighted by atomic mass is 16.5. The first-order valence-electron chi connectivity index (χ1n) is 5.79. The molecule has 0 aromatic rings. The van der Waals surface area contributed by atoms with Crippen LogP contribution < -0.4 is 5.32 Å². The van der Waals surface area contributed by atoms with Crippen molar-refractivity contribution in [3.8, 4) is 0 Å². The van der Waals surface area contributed by atoms with Crippen molar-refractivity contribution in [3.63, 3.8) is 0 Å². The summed E-state index contributed by atoms with van der Waals surface area (Å²) in [5.41, 5.74) is 0.613. The molecule has 0 amide bonds. The van der Waals surface area contributed by atoms with Crippen molar-refractivity contribution < 1.29 is 14.6 Å². The minimum atomic E-state index is -0.289. The molecule has 0 bridgehead atoms. The average Bonchev–Trinajstić information content (AvgIpc) is 2.69. The standard InChI is InChI=1S/C12H21NO3/c1-9(12(15)16-2)6-7-13-8-10-4-3-5-11(10)14/h6,10-11,13-14H,3-5,7-8H2,1-2H3. The van der Waals surface area contributed by atoms with Gasteiger partial charge in [-0.15, -0.1) is 0 Å². The second-order valence-corrected chi connectivity index (χ2v) is 4.30. The minimum Gasteiger partial charge on any atom is -0.466 e. The zero-order chi connectivity index (χ0) is 12.0. The van der Waals surface area contributed by atoms with Crippen molar-refractivity contribution in [2.75, 3.05) is 20.2 Å². The Labute approximate surface area is 96.7 Å². The third-order valence-electron chi connectivity index (χ3n) is 3.09. The monoisotopic (exact) mass is 227 g/mol. The van der Waals surface area contributed by atoms with Crippen molar-refractivity contribution in [1.29, 1.82) is 0 Å². The average molecular weight is 227 g/mol. The predicted molar refractivity (Wildman–Crippen MR) is 62.0 cm³/mol. The predicted octanol–water partition coefficient (Wildman–Crippen LogP) is 0.856. The van der Waals surface area contributed by atoms with Gasteiger partial charge in [0, 0.05) is 18.7 Å². The van der Waals surface area contributed by atoms with Gasteiger partial charge in [0.05, 0.1) is 13.2 Å². The van der Waals surface area contributed by atoms with Gasteiger partial charge in [0.15, 0.2) is 0 Å². The molecule has 1 aliphatic carbocycles. The molecule has 4 heteroatoms. The first-order valence-corrected chi connectivity index (χ1v) is 5.79. The maximum Gasteiger partial charge on any atom is 0.333 e. The van der Waals surface area contributed by atoms with E-state index in [1.165, 1.54) is 7.11 Å². The van der Waals surface area contributed by atoms with E-state index in [1.54, 1.807) is 6.92 Å². The summed E-state index contributed by atoms with van der Waals surface area (Å²) in [6, 6.07) is 0. The van der Waals surface area contributed by atoms with Crippen molar-refractivity contribution in [2.45, 2.75) is 32.3 Å². The van der Waals surface area contributed by atoms with E-state index in [0.717, 1.165) is 25.8 Å². The molecule has 1 aliphatic rings. The number of aliphatic hydroxyl groups is 1. The number of ether oxygens (including phenoxy) is 1. The van der Waals surface area contributed by atoms with Gasteiger partial charge in [-0.1, -0.05) is 12.5 Å². The molecule has 1 saturated carbocycles. The molecule has 0 aromatic carbocycles. The lowest BCUT2D eigenvalue weighted by Gasteiger charge is -2.14. The molecule has 1 fully saturated rings. The van der Waals surface area contributed by atoms with Crippen LogP contribution >= 0.6 is 0 Å². The van der Waals surface area contributed by atoms with E-state index in [4.69, 9.17) is 0 Å². The lowest BCUT2D eigenvalue weighted by atomic mass is 10.1. The summed E-state index contributed by atoms with van der Waals surface area (Å²) in [5.74, 6) is 0.0783. The molecule has 2 unspecified atom stereocenters. The Kier molecular flexibility index (Phi) is 5.49. The number of esters is 1. The van der Waals surface area contributed by atoms with Gasteiger partial charge in [0.1, 0.15) is 0 Å². The van der Waals surface area contributed by atoms with Crippen molar-refractivity contribution in [1.82, 2.24) is 5.32 Å². The Morgan fingerprint density at radius 1 is 1.56 bits per heavy atom. The summed E-state index contributed by atoms with van der Waals surface area (Å²) in [4.78, 5) is 11.1. The van der Waals surface area contributed by atoms with Crippen LogP contribution in [0.3, 0.4) is 0 Å². The molecular weight excluding hydrogens is 206 g/mol.